The zero-order valence-corrected chi connectivity index (χ0v) is 10.2. The Kier molecular flexibility index (Phi) is 3.02. The van der Waals surface area contributed by atoms with Crippen LogP contribution in [0.3, 0.4) is 0 Å². The second kappa shape index (κ2) is 4.14. The van der Waals surface area contributed by atoms with Gasteiger partial charge >= 0.3 is 0 Å². The lowest BCUT2D eigenvalue weighted by Crippen LogP contribution is -2.40. The van der Waals surface area contributed by atoms with Crippen molar-refractivity contribution in [1.82, 2.24) is 15.5 Å². The van der Waals surface area contributed by atoms with Gasteiger partial charge in [-0.2, -0.15) is 4.98 Å². The lowest BCUT2D eigenvalue weighted by molar-refractivity contribution is 0.306. The van der Waals surface area contributed by atoms with Crippen molar-refractivity contribution >= 4 is 11.8 Å². The maximum Gasteiger partial charge on any atom is 0.232 e. The molecule has 1 N–H and O–H groups in total. The molecule has 4 nitrogen and oxygen atoms in total. The van der Waals surface area contributed by atoms with E-state index in [9.17, 15) is 0 Å². The van der Waals surface area contributed by atoms with Crippen LogP contribution >= 0.6 is 11.8 Å². The first kappa shape index (κ1) is 11.0. The van der Waals surface area contributed by atoms with Gasteiger partial charge in [0.1, 0.15) is 0 Å². The van der Waals surface area contributed by atoms with E-state index < -0.39 is 0 Å². The van der Waals surface area contributed by atoms with E-state index in [4.69, 9.17) is 4.52 Å². The Morgan fingerprint density at radius 3 is 2.73 bits per heavy atom. The fourth-order valence-electron chi connectivity index (χ4n) is 1.24. The van der Waals surface area contributed by atoms with E-state index in [1.807, 2.05) is 11.8 Å². The third-order valence-corrected chi connectivity index (χ3v) is 3.52. The van der Waals surface area contributed by atoms with Gasteiger partial charge in [-0.1, -0.05) is 25.9 Å². The third-order valence-electron chi connectivity index (χ3n) is 2.25. The highest BCUT2D eigenvalue weighted by Gasteiger charge is 2.25. The van der Waals surface area contributed by atoms with Crippen LogP contribution in [0, 0.1) is 0 Å². The third kappa shape index (κ3) is 2.95. The van der Waals surface area contributed by atoms with Crippen molar-refractivity contribution in [3.05, 3.63) is 11.7 Å². The highest BCUT2D eigenvalue weighted by molar-refractivity contribution is 7.99. The van der Waals surface area contributed by atoms with Crippen LogP contribution in [0.15, 0.2) is 4.52 Å². The molecule has 1 aromatic rings. The Balaban J connectivity index is 1.89. The van der Waals surface area contributed by atoms with Crippen LogP contribution in [-0.2, 0) is 5.75 Å². The second-order valence-electron chi connectivity index (χ2n) is 4.81. The van der Waals surface area contributed by atoms with Gasteiger partial charge in [-0.05, 0) is 0 Å². The molecular weight excluding hydrogens is 210 g/mol. The molecular formula is C10H17N3OS. The molecule has 1 aliphatic heterocycles. The van der Waals surface area contributed by atoms with Crippen LogP contribution < -0.4 is 5.32 Å². The van der Waals surface area contributed by atoms with Gasteiger partial charge in [-0.3, -0.25) is 0 Å². The molecule has 0 unspecified atom stereocenters. The quantitative estimate of drug-likeness (QED) is 0.853. The van der Waals surface area contributed by atoms with Crippen molar-refractivity contribution in [2.24, 2.45) is 0 Å². The first-order chi connectivity index (χ1) is 7.04. The number of aromatic nitrogens is 2. The minimum absolute atomic E-state index is 0.249. The number of thioether (sulfide) groups is 1. The van der Waals surface area contributed by atoms with Gasteiger partial charge in [0.15, 0.2) is 5.82 Å². The molecule has 0 aromatic carbocycles. The van der Waals surface area contributed by atoms with Gasteiger partial charge < -0.3 is 9.84 Å². The highest BCUT2D eigenvalue weighted by atomic mass is 32.2. The van der Waals surface area contributed by atoms with Crippen molar-refractivity contribution in [2.75, 3.05) is 13.1 Å². The molecule has 0 saturated carbocycles. The summed E-state index contributed by atoms with van der Waals surface area (Å²) in [6.45, 7) is 8.50. The van der Waals surface area contributed by atoms with Gasteiger partial charge in [0, 0.05) is 17.8 Å². The first-order valence-electron chi connectivity index (χ1n) is 5.22. The number of nitrogens with zero attached hydrogens (tertiary/aromatic N) is 2. The molecule has 0 atom stereocenters. The molecule has 2 heterocycles. The summed E-state index contributed by atoms with van der Waals surface area (Å²) in [7, 11) is 0. The van der Waals surface area contributed by atoms with E-state index in [-0.39, 0.29) is 4.75 Å². The first-order valence-corrected chi connectivity index (χ1v) is 6.20. The molecule has 1 saturated heterocycles. The molecule has 0 radical (unpaired) electrons. The van der Waals surface area contributed by atoms with Crippen LogP contribution in [-0.4, -0.2) is 28.0 Å². The van der Waals surface area contributed by atoms with E-state index in [2.05, 4.69) is 36.2 Å². The Morgan fingerprint density at radius 2 is 2.20 bits per heavy atom. The van der Waals surface area contributed by atoms with Gasteiger partial charge in [0.25, 0.3) is 0 Å². The zero-order chi connectivity index (χ0) is 10.9. The van der Waals surface area contributed by atoms with Gasteiger partial charge in [0.05, 0.1) is 11.7 Å². The Morgan fingerprint density at radius 1 is 1.47 bits per heavy atom. The molecule has 0 aliphatic carbocycles. The Bertz CT molecular complexity index is 328. The fraction of sp³-hybridized carbons (Fsp3) is 0.800. The van der Waals surface area contributed by atoms with Gasteiger partial charge in [0.2, 0.25) is 5.89 Å². The summed E-state index contributed by atoms with van der Waals surface area (Å²) in [5, 5.41) is 7.18. The summed E-state index contributed by atoms with van der Waals surface area (Å²) in [6, 6.07) is 0. The number of rotatable bonds is 3. The maximum absolute atomic E-state index is 5.22. The predicted molar refractivity (Wildman–Crippen MR) is 61.0 cm³/mol. The summed E-state index contributed by atoms with van der Waals surface area (Å²) in [5.74, 6) is 2.87. The summed E-state index contributed by atoms with van der Waals surface area (Å²) >= 11 is 1.84. The standard InChI is InChI=1S/C10H17N3OS/c1-10(2,3)15-6-8-12-9(14-13-8)7-4-11-5-7/h7,11H,4-6H2,1-3H3. The van der Waals surface area contributed by atoms with E-state index in [1.165, 1.54) is 0 Å². The molecule has 0 spiro atoms. The minimum Gasteiger partial charge on any atom is -0.339 e. The number of nitrogens with one attached hydrogen (secondary N) is 1. The Labute approximate surface area is 94.2 Å². The van der Waals surface area contributed by atoms with Crippen molar-refractivity contribution in [3.8, 4) is 0 Å². The SMILES string of the molecule is CC(C)(C)SCc1noc(C2CNC2)n1. The van der Waals surface area contributed by atoms with Crippen molar-refractivity contribution in [3.63, 3.8) is 0 Å². The summed E-state index contributed by atoms with van der Waals surface area (Å²) in [4.78, 5) is 4.40. The molecule has 15 heavy (non-hydrogen) atoms. The van der Waals surface area contributed by atoms with Crippen molar-refractivity contribution < 1.29 is 4.52 Å². The largest absolute Gasteiger partial charge is 0.339 e. The highest BCUT2D eigenvalue weighted by Crippen LogP contribution is 2.27. The van der Waals surface area contributed by atoms with Gasteiger partial charge in [-0.25, -0.2) is 0 Å². The maximum atomic E-state index is 5.22. The van der Waals surface area contributed by atoms with Crippen molar-refractivity contribution in [1.29, 1.82) is 0 Å². The zero-order valence-electron chi connectivity index (χ0n) is 9.41. The monoisotopic (exact) mass is 227 g/mol. The number of hydrogen-bond donors (Lipinski definition) is 1. The minimum atomic E-state index is 0.249. The van der Waals surface area contributed by atoms with Gasteiger partial charge in [-0.15, -0.1) is 11.8 Å². The molecule has 0 amide bonds. The topological polar surface area (TPSA) is 51.0 Å². The molecule has 1 aromatic heterocycles. The van der Waals surface area contributed by atoms with Crippen LogP contribution in [0.25, 0.3) is 0 Å². The predicted octanol–water partition coefficient (Wildman–Crippen LogP) is 1.79. The molecule has 84 valence electrons. The summed E-state index contributed by atoms with van der Waals surface area (Å²) < 4.78 is 5.47. The van der Waals surface area contributed by atoms with Crippen LogP contribution in [0.2, 0.25) is 0 Å². The summed E-state index contributed by atoms with van der Waals surface area (Å²) in [5.41, 5.74) is 0. The normalized spacial score (nSPS) is 17.8. The molecule has 1 aliphatic rings. The lowest BCUT2D eigenvalue weighted by atomic mass is 10.0. The van der Waals surface area contributed by atoms with E-state index in [1.54, 1.807) is 0 Å². The average Bonchev–Trinajstić information content (AvgIpc) is 2.45. The molecule has 1 fully saturated rings. The fourth-order valence-corrected chi connectivity index (χ4v) is 1.92. The van der Waals surface area contributed by atoms with E-state index >= 15 is 0 Å². The average molecular weight is 227 g/mol. The molecule has 5 heteroatoms. The molecule has 0 bridgehead atoms. The van der Waals surface area contributed by atoms with Crippen LogP contribution in [0.1, 0.15) is 38.4 Å². The second-order valence-corrected chi connectivity index (χ2v) is 6.61. The summed E-state index contributed by atoms with van der Waals surface area (Å²) in [6.07, 6.45) is 0. The van der Waals surface area contributed by atoms with Crippen molar-refractivity contribution in [2.45, 2.75) is 37.2 Å². The number of hydrogen-bond acceptors (Lipinski definition) is 5. The van der Waals surface area contributed by atoms with Crippen LogP contribution in [0.4, 0.5) is 0 Å². The van der Waals surface area contributed by atoms with E-state index in [0.29, 0.717) is 5.92 Å². The van der Waals surface area contributed by atoms with Crippen LogP contribution in [0.5, 0.6) is 0 Å². The lowest BCUT2D eigenvalue weighted by Gasteiger charge is -2.22. The Hall–Kier alpha value is -0.550. The molecule has 2 rings (SSSR count). The van der Waals surface area contributed by atoms with E-state index in [0.717, 1.165) is 30.6 Å². The smallest absolute Gasteiger partial charge is 0.232 e.